The lowest BCUT2D eigenvalue weighted by Crippen LogP contribution is -2.25. The second-order valence-electron chi connectivity index (χ2n) is 4.96. The minimum atomic E-state index is -0.163. The number of hydrogen-bond acceptors (Lipinski definition) is 4. The molecule has 21 heavy (non-hydrogen) atoms. The second-order valence-corrected chi connectivity index (χ2v) is 6.82. The predicted octanol–water partition coefficient (Wildman–Crippen LogP) is 3.96. The lowest BCUT2D eigenvalue weighted by atomic mass is 10.2. The van der Waals surface area contributed by atoms with E-state index in [9.17, 15) is 4.79 Å². The number of carbonyl (C=O) groups excluding carboxylic acids is 1. The number of anilines is 2. The average Bonchev–Trinajstić information content (AvgIpc) is 2.74. The third kappa shape index (κ3) is 2.99. The summed E-state index contributed by atoms with van der Waals surface area (Å²) in [6.07, 6.45) is 0. The molecule has 1 aliphatic heterocycles. The van der Waals surface area contributed by atoms with Gasteiger partial charge < -0.3 is 15.4 Å². The van der Waals surface area contributed by atoms with Crippen molar-refractivity contribution in [1.82, 2.24) is 0 Å². The van der Waals surface area contributed by atoms with E-state index in [4.69, 9.17) is 16.3 Å². The molecule has 2 heterocycles. The third-order valence-corrected chi connectivity index (χ3v) is 4.64. The Morgan fingerprint density at radius 3 is 2.90 bits per heavy atom. The summed E-state index contributed by atoms with van der Waals surface area (Å²) in [7, 11) is 0. The van der Waals surface area contributed by atoms with Crippen LogP contribution in [0.1, 0.15) is 15.3 Å². The van der Waals surface area contributed by atoms with Gasteiger partial charge in [-0.25, -0.2) is 0 Å². The molecule has 4 nitrogen and oxygen atoms in total. The Morgan fingerprint density at radius 2 is 2.19 bits per heavy atom. The fraction of sp³-hybridized carbons (Fsp3) is 0.267. The van der Waals surface area contributed by atoms with E-state index in [0.717, 1.165) is 5.69 Å². The standard InChI is InChI=1S/C15H15ClN2O2S/c1-8-3-10(9(2)21-8)6-17-12-5-14-13(4-11(12)16)18-15(19)7-20-14/h3-5,17H,6-7H2,1-2H3,(H,18,19). The Morgan fingerprint density at radius 1 is 1.38 bits per heavy atom. The third-order valence-electron chi connectivity index (χ3n) is 3.32. The van der Waals surface area contributed by atoms with Crippen LogP contribution in [0.4, 0.5) is 11.4 Å². The van der Waals surface area contributed by atoms with Gasteiger partial charge in [-0.15, -0.1) is 11.3 Å². The molecule has 1 aromatic heterocycles. The van der Waals surface area contributed by atoms with Crippen LogP contribution in [0, 0.1) is 13.8 Å². The molecule has 0 aliphatic carbocycles. The zero-order valence-electron chi connectivity index (χ0n) is 11.7. The van der Waals surface area contributed by atoms with E-state index in [2.05, 4.69) is 30.5 Å². The van der Waals surface area contributed by atoms with Gasteiger partial charge in [-0.05, 0) is 31.5 Å². The number of fused-ring (bicyclic) bond motifs is 1. The summed E-state index contributed by atoms with van der Waals surface area (Å²) in [6.45, 7) is 4.96. The number of nitrogens with one attached hydrogen (secondary N) is 2. The Balaban J connectivity index is 1.80. The van der Waals surface area contributed by atoms with Gasteiger partial charge >= 0.3 is 0 Å². The van der Waals surface area contributed by atoms with Crippen LogP contribution in [-0.4, -0.2) is 12.5 Å². The molecule has 3 rings (SSSR count). The van der Waals surface area contributed by atoms with E-state index in [0.29, 0.717) is 23.0 Å². The number of amides is 1. The molecular formula is C15H15ClN2O2S. The van der Waals surface area contributed by atoms with Crippen molar-refractivity contribution in [2.75, 3.05) is 17.2 Å². The summed E-state index contributed by atoms with van der Waals surface area (Å²) in [4.78, 5) is 13.9. The number of aryl methyl sites for hydroxylation is 2. The minimum Gasteiger partial charge on any atom is -0.482 e. The van der Waals surface area contributed by atoms with Crippen molar-refractivity contribution < 1.29 is 9.53 Å². The van der Waals surface area contributed by atoms with Gasteiger partial charge in [-0.3, -0.25) is 4.79 Å². The number of halogens is 1. The van der Waals surface area contributed by atoms with E-state index in [1.54, 1.807) is 17.4 Å². The van der Waals surface area contributed by atoms with E-state index >= 15 is 0 Å². The summed E-state index contributed by atoms with van der Waals surface area (Å²) < 4.78 is 5.40. The maximum atomic E-state index is 11.3. The van der Waals surface area contributed by atoms with Crippen molar-refractivity contribution in [2.24, 2.45) is 0 Å². The molecule has 0 saturated heterocycles. The first-order chi connectivity index (χ1) is 10.0. The van der Waals surface area contributed by atoms with Gasteiger partial charge in [0.15, 0.2) is 6.61 Å². The molecule has 0 saturated carbocycles. The highest BCUT2D eigenvalue weighted by atomic mass is 35.5. The van der Waals surface area contributed by atoms with Crippen LogP contribution in [0.25, 0.3) is 0 Å². The minimum absolute atomic E-state index is 0.0386. The van der Waals surface area contributed by atoms with Crippen LogP contribution in [0.15, 0.2) is 18.2 Å². The largest absolute Gasteiger partial charge is 0.482 e. The van der Waals surface area contributed by atoms with Crippen LogP contribution < -0.4 is 15.4 Å². The number of carbonyl (C=O) groups is 1. The van der Waals surface area contributed by atoms with Gasteiger partial charge in [0.2, 0.25) is 0 Å². The molecule has 6 heteroatoms. The Kier molecular flexibility index (Phi) is 3.78. The van der Waals surface area contributed by atoms with Crippen LogP contribution in [0.3, 0.4) is 0 Å². The lowest BCUT2D eigenvalue weighted by molar-refractivity contribution is -0.118. The van der Waals surface area contributed by atoms with Gasteiger partial charge in [0.1, 0.15) is 5.75 Å². The van der Waals surface area contributed by atoms with Crippen molar-refractivity contribution >= 4 is 40.2 Å². The number of hydrogen-bond donors (Lipinski definition) is 2. The van der Waals surface area contributed by atoms with Gasteiger partial charge in [0.05, 0.1) is 16.4 Å². The van der Waals surface area contributed by atoms with E-state index < -0.39 is 0 Å². The smallest absolute Gasteiger partial charge is 0.262 e. The van der Waals surface area contributed by atoms with Crippen LogP contribution in [0.5, 0.6) is 5.75 Å². The summed E-state index contributed by atoms with van der Waals surface area (Å²) in [5, 5.41) is 6.63. The molecule has 0 fully saturated rings. The summed E-state index contributed by atoms with van der Waals surface area (Å²) in [5.74, 6) is 0.475. The van der Waals surface area contributed by atoms with Crippen LogP contribution in [0.2, 0.25) is 5.02 Å². The van der Waals surface area contributed by atoms with Crippen molar-refractivity contribution in [1.29, 1.82) is 0 Å². The second kappa shape index (κ2) is 5.58. The number of ether oxygens (including phenoxy) is 1. The number of thiophene rings is 1. The molecule has 0 atom stereocenters. The molecule has 1 amide bonds. The topological polar surface area (TPSA) is 50.4 Å². The average molecular weight is 323 g/mol. The normalized spacial score (nSPS) is 13.4. The maximum Gasteiger partial charge on any atom is 0.262 e. The van der Waals surface area contributed by atoms with E-state index in [1.807, 2.05) is 6.07 Å². The molecule has 0 radical (unpaired) electrons. The SMILES string of the molecule is Cc1cc(CNc2cc3c(cc2Cl)NC(=O)CO3)c(C)s1. The highest BCUT2D eigenvalue weighted by Gasteiger charge is 2.18. The number of benzene rings is 1. The highest BCUT2D eigenvalue weighted by Crippen LogP contribution is 2.36. The fourth-order valence-corrected chi connectivity index (χ4v) is 3.46. The van der Waals surface area contributed by atoms with Crippen molar-refractivity contribution in [3.63, 3.8) is 0 Å². The van der Waals surface area contributed by atoms with E-state index in [-0.39, 0.29) is 12.5 Å². The first-order valence-electron chi connectivity index (χ1n) is 6.59. The quantitative estimate of drug-likeness (QED) is 0.899. The summed E-state index contributed by atoms with van der Waals surface area (Å²) >= 11 is 8.04. The molecule has 1 aromatic carbocycles. The molecular weight excluding hydrogens is 308 g/mol. The maximum absolute atomic E-state index is 11.3. The first-order valence-corrected chi connectivity index (χ1v) is 7.78. The van der Waals surface area contributed by atoms with Crippen molar-refractivity contribution in [2.45, 2.75) is 20.4 Å². The Labute approximate surface area is 132 Å². The van der Waals surface area contributed by atoms with Gasteiger partial charge in [-0.2, -0.15) is 0 Å². The predicted molar refractivity (Wildman–Crippen MR) is 86.7 cm³/mol. The number of rotatable bonds is 3. The molecule has 2 N–H and O–H groups in total. The molecule has 0 bridgehead atoms. The van der Waals surface area contributed by atoms with Crippen molar-refractivity contribution in [3.8, 4) is 5.75 Å². The Hall–Kier alpha value is -1.72. The first kappa shape index (κ1) is 14.2. The van der Waals surface area contributed by atoms with Crippen LogP contribution in [-0.2, 0) is 11.3 Å². The van der Waals surface area contributed by atoms with Gasteiger partial charge in [-0.1, -0.05) is 11.6 Å². The highest BCUT2D eigenvalue weighted by molar-refractivity contribution is 7.12. The Bertz CT molecular complexity index is 712. The fourth-order valence-electron chi connectivity index (χ4n) is 2.28. The zero-order chi connectivity index (χ0) is 15.0. The summed E-state index contributed by atoms with van der Waals surface area (Å²) in [6, 6.07) is 5.71. The summed E-state index contributed by atoms with van der Waals surface area (Å²) in [5.41, 5.74) is 2.68. The lowest BCUT2D eigenvalue weighted by Gasteiger charge is -2.20. The van der Waals surface area contributed by atoms with E-state index in [1.165, 1.54) is 15.3 Å². The van der Waals surface area contributed by atoms with Crippen molar-refractivity contribution in [3.05, 3.63) is 38.5 Å². The van der Waals surface area contributed by atoms with Crippen LogP contribution >= 0.6 is 22.9 Å². The molecule has 2 aromatic rings. The van der Waals surface area contributed by atoms with Gasteiger partial charge in [0.25, 0.3) is 5.91 Å². The monoisotopic (exact) mass is 322 g/mol. The van der Waals surface area contributed by atoms with Gasteiger partial charge in [0, 0.05) is 22.4 Å². The molecule has 110 valence electrons. The molecule has 0 unspecified atom stereocenters. The molecule has 1 aliphatic rings. The molecule has 0 spiro atoms. The zero-order valence-corrected chi connectivity index (χ0v) is 13.3.